The number of carbonyl (C=O) groups excluding carboxylic acids is 1. The van der Waals surface area contributed by atoms with Crippen molar-refractivity contribution < 1.29 is 14.7 Å². The minimum atomic E-state index is -0.888. The molecule has 0 saturated carbocycles. The largest absolute Gasteiger partial charge is 0.477 e. The molecule has 86 valence electrons. The number of hydrogen-bond acceptors (Lipinski definition) is 4. The van der Waals surface area contributed by atoms with Crippen LogP contribution in [0.15, 0.2) is 6.07 Å². The maximum absolute atomic E-state index is 10.8. The number of rotatable bonds is 3. The van der Waals surface area contributed by atoms with Crippen molar-refractivity contribution in [3.63, 3.8) is 0 Å². The molecular weight excluding hydrogens is 228 g/mol. The summed E-state index contributed by atoms with van der Waals surface area (Å²) in [6.45, 7) is 1.61. The fourth-order valence-corrected chi connectivity index (χ4v) is 2.85. The van der Waals surface area contributed by atoms with Crippen LogP contribution in [0.3, 0.4) is 0 Å². The molecule has 1 aliphatic heterocycles. The summed E-state index contributed by atoms with van der Waals surface area (Å²) in [4.78, 5) is 25.0. The van der Waals surface area contributed by atoms with E-state index in [2.05, 4.69) is 0 Å². The van der Waals surface area contributed by atoms with Gasteiger partial charge >= 0.3 is 5.97 Å². The zero-order chi connectivity index (χ0) is 11.7. The van der Waals surface area contributed by atoms with Crippen LogP contribution in [0.25, 0.3) is 0 Å². The van der Waals surface area contributed by atoms with Crippen molar-refractivity contribution in [3.05, 3.63) is 21.4 Å². The normalized spacial score (nSPS) is 15.8. The van der Waals surface area contributed by atoms with Crippen molar-refractivity contribution in [2.45, 2.75) is 13.0 Å². The van der Waals surface area contributed by atoms with Crippen molar-refractivity contribution in [2.24, 2.45) is 5.73 Å². The molecule has 0 fully saturated rings. The number of carbonyl (C=O) groups is 2. The Morgan fingerprint density at radius 3 is 2.94 bits per heavy atom. The molecule has 0 unspecified atom stereocenters. The lowest BCUT2D eigenvalue weighted by Gasteiger charge is -2.25. The first-order valence-electron chi connectivity index (χ1n) is 4.92. The lowest BCUT2D eigenvalue weighted by atomic mass is 10.1. The molecule has 6 heteroatoms. The number of amides is 1. The molecule has 2 heterocycles. The van der Waals surface area contributed by atoms with Gasteiger partial charge in [-0.3, -0.25) is 9.69 Å². The number of carboxylic acid groups (broad SMARTS) is 1. The van der Waals surface area contributed by atoms with Gasteiger partial charge in [0.2, 0.25) is 5.91 Å². The Balaban J connectivity index is 2.14. The maximum atomic E-state index is 10.8. The van der Waals surface area contributed by atoms with Crippen LogP contribution in [0.1, 0.15) is 20.1 Å². The van der Waals surface area contributed by atoms with E-state index in [1.54, 1.807) is 6.07 Å². The Bertz CT molecular complexity index is 441. The summed E-state index contributed by atoms with van der Waals surface area (Å²) in [6.07, 6.45) is 0.792. The Labute approximate surface area is 96.5 Å². The molecule has 1 aromatic rings. The quantitative estimate of drug-likeness (QED) is 0.795. The van der Waals surface area contributed by atoms with Crippen molar-refractivity contribution in [1.82, 2.24) is 4.90 Å². The van der Waals surface area contributed by atoms with Gasteiger partial charge in [-0.15, -0.1) is 11.3 Å². The Kier molecular flexibility index (Phi) is 2.93. The monoisotopic (exact) mass is 240 g/mol. The topological polar surface area (TPSA) is 83.6 Å². The van der Waals surface area contributed by atoms with E-state index in [0.29, 0.717) is 11.4 Å². The Morgan fingerprint density at radius 1 is 1.56 bits per heavy atom. The van der Waals surface area contributed by atoms with E-state index < -0.39 is 5.97 Å². The predicted molar refractivity (Wildman–Crippen MR) is 59.5 cm³/mol. The summed E-state index contributed by atoms with van der Waals surface area (Å²) in [5.74, 6) is -1.24. The first-order chi connectivity index (χ1) is 7.56. The fourth-order valence-electron chi connectivity index (χ4n) is 1.85. The summed E-state index contributed by atoms with van der Waals surface area (Å²) in [5.41, 5.74) is 6.13. The van der Waals surface area contributed by atoms with Gasteiger partial charge in [0.05, 0.1) is 6.54 Å². The molecule has 2 rings (SSSR count). The van der Waals surface area contributed by atoms with E-state index in [-0.39, 0.29) is 12.5 Å². The third-order valence-electron chi connectivity index (χ3n) is 2.54. The molecule has 16 heavy (non-hydrogen) atoms. The number of fused-ring (bicyclic) bond motifs is 1. The van der Waals surface area contributed by atoms with E-state index in [1.165, 1.54) is 11.3 Å². The van der Waals surface area contributed by atoms with E-state index in [9.17, 15) is 9.59 Å². The number of hydrogen-bond donors (Lipinski definition) is 2. The van der Waals surface area contributed by atoms with Gasteiger partial charge in [-0.05, 0) is 18.1 Å². The van der Waals surface area contributed by atoms with Crippen LogP contribution in [0.2, 0.25) is 0 Å². The maximum Gasteiger partial charge on any atom is 0.345 e. The fraction of sp³-hybridized carbons (Fsp3) is 0.400. The van der Waals surface area contributed by atoms with Gasteiger partial charge in [-0.2, -0.15) is 0 Å². The third-order valence-corrected chi connectivity index (χ3v) is 3.76. The van der Waals surface area contributed by atoms with Crippen LogP contribution in [-0.2, 0) is 17.8 Å². The Morgan fingerprint density at radius 2 is 2.31 bits per heavy atom. The predicted octanol–water partition coefficient (Wildman–Crippen LogP) is 0.290. The highest BCUT2D eigenvalue weighted by atomic mass is 32.1. The van der Waals surface area contributed by atoms with Crippen LogP contribution >= 0.6 is 11.3 Å². The van der Waals surface area contributed by atoms with Gasteiger partial charge in [0.25, 0.3) is 0 Å². The van der Waals surface area contributed by atoms with Crippen LogP contribution in [0.5, 0.6) is 0 Å². The number of thiophene rings is 1. The molecule has 0 aliphatic carbocycles. The average Bonchev–Trinajstić information content (AvgIpc) is 2.59. The van der Waals surface area contributed by atoms with Gasteiger partial charge in [-0.1, -0.05) is 0 Å². The van der Waals surface area contributed by atoms with E-state index >= 15 is 0 Å². The van der Waals surface area contributed by atoms with E-state index in [4.69, 9.17) is 10.8 Å². The summed E-state index contributed by atoms with van der Waals surface area (Å²) in [5, 5.41) is 8.87. The van der Waals surface area contributed by atoms with Crippen LogP contribution < -0.4 is 5.73 Å². The lowest BCUT2D eigenvalue weighted by molar-refractivity contribution is -0.119. The second-order valence-corrected chi connectivity index (χ2v) is 4.93. The molecule has 1 aliphatic rings. The number of carboxylic acids is 1. The molecule has 0 saturated heterocycles. The van der Waals surface area contributed by atoms with Crippen LogP contribution in [0, 0.1) is 0 Å². The zero-order valence-corrected chi connectivity index (χ0v) is 9.42. The highest BCUT2D eigenvalue weighted by Gasteiger charge is 2.21. The number of nitrogens with two attached hydrogens (primary N) is 1. The molecular formula is C10H12N2O3S. The average molecular weight is 240 g/mol. The number of nitrogens with zero attached hydrogens (tertiary/aromatic N) is 1. The minimum Gasteiger partial charge on any atom is -0.477 e. The molecule has 3 N–H and O–H groups in total. The second-order valence-electron chi connectivity index (χ2n) is 3.79. The van der Waals surface area contributed by atoms with E-state index in [0.717, 1.165) is 23.4 Å². The number of primary amides is 1. The first kappa shape index (κ1) is 11.1. The van der Waals surface area contributed by atoms with Crippen molar-refractivity contribution in [1.29, 1.82) is 0 Å². The number of aromatic carboxylic acids is 1. The molecule has 0 spiro atoms. The van der Waals surface area contributed by atoms with Crippen LogP contribution in [0.4, 0.5) is 0 Å². The molecule has 1 amide bonds. The van der Waals surface area contributed by atoms with Gasteiger partial charge < -0.3 is 10.8 Å². The van der Waals surface area contributed by atoms with Crippen LogP contribution in [-0.4, -0.2) is 35.0 Å². The Hall–Kier alpha value is -1.40. The molecule has 1 aromatic heterocycles. The standard InChI is InChI=1S/C10H12N2O3S/c11-9(13)5-12-2-1-7-6(4-12)3-8(16-7)10(14)15/h3H,1-2,4-5H2,(H2,11,13)(H,14,15). The van der Waals surface area contributed by atoms with Gasteiger partial charge in [-0.25, -0.2) is 4.79 Å². The second kappa shape index (κ2) is 4.23. The summed E-state index contributed by atoms with van der Waals surface area (Å²) >= 11 is 1.32. The SMILES string of the molecule is NC(=O)CN1CCc2sc(C(=O)O)cc2C1. The molecule has 0 atom stereocenters. The minimum absolute atomic E-state index is 0.234. The van der Waals surface area contributed by atoms with Crippen molar-refractivity contribution >= 4 is 23.2 Å². The van der Waals surface area contributed by atoms with E-state index in [1.807, 2.05) is 4.90 Å². The third kappa shape index (κ3) is 2.23. The van der Waals surface area contributed by atoms with Crippen molar-refractivity contribution in [2.75, 3.05) is 13.1 Å². The van der Waals surface area contributed by atoms with Crippen molar-refractivity contribution in [3.8, 4) is 0 Å². The molecule has 0 radical (unpaired) electrons. The smallest absolute Gasteiger partial charge is 0.345 e. The molecule has 5 nitrogen and oxygen atoms in total. The van der Waals surface area contributed by atoms with Gasteiger partial charge in [0.15, 0.2) is 0 Å². The summed E-state index contributed by atoms with van der Waals surface area (Å²) in [7, 11) is 0. The molecule has 0 bridgehead atoms. The lowest BCUT2D eigenvalue weighted by Crippen LogP contribution is -2.36. The molecule has 0 aromatic carbocycles. The summed E-state index contributed by atoms with van der Waals surface area (Å²) in [6, 6.07) is 1.69. The van der Waals surface area contributed by atoms with Gasteiger partial charge in [0.1, 0.15) is 4.88 Å². The summed E-state index contributed by atoms with van der Waals surface area (Å²) < 4.78 is 0. The first-order valence-corrected chi connectivity index (χ1v) is 5.73. The highest BCUT2D eigenvalue weighted by Crippen LogP contribution is 2.27. The van der Waals surface area contributed by atoms with Gasteiger partial charge in [0, 0.05) is 18.0 Å². The highest BCUT2D eigenvalue weighted by molar-refractivity contribution is 7.14. The zero-order valence-electron chi connectivity index (χ0n) is 8.60.